The highest BCUT2D eigenvalue weighted by atomic mass is 16.2. The van der Waals surface area contributed by atoms with Crippen molar-refractivity contribution in [2.24, 2.45) is 0 Å². The lowest BCUT2D eigenvalue weighted by Crippen LogP contribution is -2.48. The first-order valence-electron chi connectivity index (χ1n) is 9.23. The van der Waals surface area contributed by atoms with Crippen LogP contribution in [0.4, 0.5) is 11.4 Å². The van der Waals surface area contributed by atoms with Crippen LogP contribution in [0.1, 0.15) is 17.4 Å². The molecule has 0 unspecified atom stereocenters. The fraction of sp³-hybridized carbons (Fsp3) is 0.238. The van der Waals surface area contributed by atoms with Crippen molar-refractivity contribution in [1.29, 1.82) is 0 Å². The number of amides is 2. The highest BCUT2D eigenvalue weighted by Crippen LogP contribution is 2.22. The normalized spacial score (nSPS) is 14.2. The van der Waals surface area contributed by atoms with E-state index in [9.17, 15) is 9.59 Å². The maximum absolute atomic E-state index is 12.8. The van der Waals surface area contributed by atoms with Gasteiger partial charge in [0.1, 0.15) is 5.69 Å². The molecule has 1 aromatic carbocycles. The predicted octanol–water partition coefficient (Wildman–Crippen LogP) is 2.55. The lowest BCUT2D eigenvalue weighted by Gasteiger charge is -2.35. The van der Waals surface area contributed by atoms with Crippen LogP contribution in [0.15, 0.2) is 54.9 Å². The molecule has 7 nitrogen and oxygen atoms in total. The Bertz CT molecular complexity index is 1020. The van der Waals surface area contributed by atoms with Crippen molar-refractivity contribution >= 4 is 34.1 Å². The summed E-state index contributed by atoms with van der Waals surface area (Å²) in [4.78, 5) is 36.8. The molecule has 0 spiro atoms. The van der Waals surface area contributed by atoms with Crippen molar-refractivity contribution in [3.05, 3.63) is 60.6 Å². The number of nitrogens with one attached hydrogen (secondary N) is 1. The van der Waals surface area contributed by atoms with Gasteiger partial charge in [0.15, 0.2) is 0 Å². The van der Waals surface area contributed by atoms with Gasteiger partial charge >= 0.3 is 0 Å². The summed E-state index contributed by atoms with van der Waals surface area (Å²) in [5.74, 6) is -0.180. The molecule has 3 heterocycles. The number of aromatic nitrogens is 2. The molecule has 0 atom stereocenters. The molecule has 0 bridgehead atoms. The van der Waals surface area contributed by atoms with Crippen LogP contribution in [0.5, 0.6) is 0 Å². The van der Waals surface area contributed by atoms with Gasteiger partial charge in [-0.3, -0.25) is 19.6 Å². The van der Waals surface area contributed by atoms with Gasteiger partial charge in [-0.05, 0) is 24.3 Å². The molecule has 1 N–H and O–H groups in total. The van der Waals surface area contributed by atoms with Gasteiger partial charge in [-0.1, -0.05) is 18.2 Å². The molecule has 2 aromatic heterocycles. The van der Waals surface area contributed by atoms with Gasteiger partial charge in [-0.25, -0.2) is 0 Å². The van der Waals surface area contributed by atoms with E-state index in [1.807, 2.05) is 41.3 Å². The smallest absolute Gasteiger partial charge is 0.274 e. The zero-order valence-corrected chi connectivity index (χ0v) is 15.6. The number of carbonyl (C=O) groups excluding carboxylic acids is 2. The number of rotatable bonds is 3. The molecular formula is C21H21N5O2. The number of para-hydroxylation sites is 1. The Balaban J connectivity index is 1.51. The second-order valence-electron chi connectivity index (χ2n) is 6.73. The molecule has 2 amide bonds. The summed E-state index contributed by atoms with van der Waals surface area (Å²) in [6, 6.07) is 13.2. The number of hydrogen-bond acceptors (Lipinski definition) is 5. The number of fused-ring (bicyclic) bond motifs is 1. The molecule has 7 heteroatoms. The molecule has 1 aliphatic rings. The Kier molecular flexibility index (Phi) is 4.89. The number of piperazine rings is 1. The average molecular weight is 375 g/mol. The van der Waals surface area contributed by atoms with E-state index in [2.05, 4.69) is 20.2 Å². The standard InChI is InChI=1S/C21H21N5O2/c1-15(27)25-10-12-26(13-11-25)17-7-9-22-19(14-17)21(28)24-18-6-2-4-16-5-3-8-23-20(16)18/h2-9,14H,10-13H2,1H3,(H,24,28). The summed E-state index contributed by atoms with van der Waals surface area (Å²) >= 11 is 0. The summed E-state index contributed by atoms with van der Waals surface area (Å²) in [7, 11) is 0. The molecule has 3 aromatic rings. The van der Waals surface area contributed by atoms with Gasteiger partial charge in [-0.2, -0.15) is 0 Å². The quantitative estimate of drug-likeness (QED) is 0.761. The minimum atomic E-state index is -0.276. The minimum Gasteiger partial charge on any atom is -0.368 e. The number of nitrogens with zero attached hydrogens (tertiary/aromatic N) is 4. The summed E-state index contributed by atoms with van der Waals surface area (Å²) < 4.78 is 0. The average Bonchev–Trinajstić information content (AvgIpc) is 2.74. The molecule has 1 saturated heterocycles. The lowest BCUT2D eigenvalue weighted by molar-refractivity contribution is -0.129. The fourth-order valence-electron chi connectivity index (χ4n) is 3.41. The van der Waals surface area contributed by atoms with Gasteiger partial charge in [0.2, 0.25) is 5.91 Å². The lowest BCUT2D eigenvalue weighted by atomic mass is 10.2. The zero-order chi connectivity index (χ0) is 19.5. The van der Waals surface area contributed by atoms with E-state index in [4.69, 9.17) is 0 Å². The third-order valence-electron chi connectivity index (χ3n) is 4.95. The Morgan fingerprint density at radius 1 is 0.964 bits per heavy atom. The molecule has 1 aliphatic heterocycles. The second-order valence-corrected chi connectivity index (χ2v) is 6.73. The summed E-state index contributed by atoms with van der Waals surface area (Å²) in [5, 5.41) is 3.88. The van der Waals surface area contributed by atoms with Gasteiger partial charge in [0.05, 0.1) is 11.2 Å². The van der Waals surface area contributed by atoms with E-state index >= 15 is 0 Å². The third-order valence-corrected chi connectivity index (χ3v) is 4.95. The molecule has 28 heavy (non-hydrogen) atoms. The first-order chi connectivity index (χ1) is 13.6. The molecule has 0 radical (unpaired) electrons. The van der Waals surface area contributed by atoms with Gasteiger partial charge in [-0.15, -0.1) is 0 Å². The largest absolute Gasteiger partial charge is 0.368 e. The van der Waals surface area contributed by atoms with Crippen LogP contribution in [0.3, 0.4) is 0 Å². The van der Waals surface area contributed by atoms with Crippen LogP contribution in [0, 0.1) is 0 Å². The topological polar surface area (TPSA) is 78.4 Å². The maximum atomic E-state index is 12.8. The molecule has 4 rings (SSSR count). The van der Waals surface area contributed by atoms with E-state index in [0.29, 0.717) is 24.5 Å². The van der Waals surface area contributed by atoms with Crippen LogP contribution in [0.25, 0.3) is 10.9 Å². The minimum absolute atomic E-state index is 0.0955. The number of pyridine rings is 2. The molecule has 1 fully saturated rings. The van der Waals surface area contributed by atoms with Crippen molar-refractivity contribution in [1.82, 2.24) is 14.9 Å². The van der Waals surface area contributed by atoms with Gasteiger partial charge < -0.3 is 15.1 Å². The Hall–Kier alpha value is -3.48. The van der Waals surface area contributed by atoms with Crippen molar-refractivity contribution in [2.45, 2.75) is 6.92 Å². The highest BCUT2D eigenvalue weighted by molar-refractivity contribution is 6.07. The fourth-order valence-corrected chi connectivity index (χ4v) is 3.41. The maximum Gasteiger partial charge on any atom is 0.274 e. The van der Waals surface area contributed by atoms with Crippen molar-refractivity contribution in [3.8, 4) is 0 Å². The zero-order valence-electron chi connectivity index (χ0n) is 15.6. The van der Waals surface area contributed by atoms with Gasteiger partial charge in [0.25, 0.3) is 5.91 Å². The van der Waals surface area contributed by atoms with Crippen molar-refractivity contribution < 1.29 is 9.59 Å². The van der Waals surface area contributed by atoms with E-state index in [0.717, 1.165) is 29.7 Å². The molecule has 0 aliphatic carbocycles. The predicted molar refractivity (Wildman–Crippen MR) is 108 cm³/mol. The Morgan fingerprint density at radius 2 is 1.75 bits per heavy atom. The van der Waals surface area contributed by atoms with Crippen LogP contribution in [-0.2, 0) is 4.79 Å². The van der Waals surface area contributed by atoms with Crippen LogP contribution >= 0.6 is 0 Å². The number of carbonyl (C=O) groups is 2. The van der Waals surface area contributed by atoms with E-state index in [1.54, 1.807) is 25.4 Å². The highest BCUT2D eigenvalue weighted by Gasteiger charge is 2.20. The van der Waals surface area contributed by atoms with E-state index < -0.39 is 0 Å². The second kappa shape index (κ2) is 7.64. The Morgan fingerprint density at radius 3 is 2.54 bits per heavy atom. The molecular weight excluding hydrogens is 354 g/mol. The first-order valence-corrected chi connectivity index (χ1v) is 9.23. The van der Waals surface area contributed by atoms with Crippen molar-refractivity contribution in [3.63, 3.8) is 0 Å². The SMILES string of the molecule is CC(=O)N1CCN(c2ccnc(C(=O)Nc3cccc4cccnc34)c2)CC1. The first kappa shape index (κ1) is 17.9. The Labute approximate surface area is 163 Å². The number of benzene rings is 1. The van der Waals surface area contributed by atoms with E-state index in [-0.39, 0.29) is 11.8 Å². The number of hydrogen-bond donors (Lipinski definition) is 1. The summed E-state index contributed by atoms with van der Waals surface area (Å²) in [6.45, 7) is 4.42. The summed E-state index contributed by atoms with van der Waals surface area (Å²) in [5.41, 5.74) is 2.68. The van der Waals surface area contributed by atoms with Gasteiger partial charge in [0, 0.05) is 56.6 Å². The van der Waals surface area contributed by atoms with Crippen LogP contribution in [-0.4, -0.2) is 52.9 Å². The van der Waals surface area contributed by atoms with Crippen molar-refractivity contribution in [2.75, 3.05) is 36.4 Å². The monoisotopic (exact) mass is 375 g/mol. The molecule has 142 valence electrons. The third kappa shape index (κ3) is 3.64. The molecule has 0 saturated carbocycles. The van der Waals surface area contributed by atoms with E-state index in [1.165, 1.54) is 0 Å². The van der Waals surface area contributed by atoms with Crippen LogP contribution in [0.2, 0.25) is 0 Å². The summed E-state index contributed by atoms with van der Waals surface area (Å²) in [6.07, 6.45) is 3.35. The number of anilines is 2. The van der Waals surface area contributed by atoms with Crippen LogP contribution < -0.4 is 10.2 Å².